The minimum absolute atomic E-state index is 0.00465. The van der Waals surface area contributed by atoms with E-state index in [9.17, 15) is 18.4 Å². The van der Waals surface area contributed by atoms with Crippen LogP contribution in [0.5, 0.6) is 5.75 Å². The van der Waals surface area contributed by atoms with E-state index in [0.29, 0.717) is 0 Å². The number of alkyl halides is 2. The number of nitrogens with one attached hydrogen (secondary N) is 3. The van der Waals surface area contributed by atoms with Gasteiger partial charge in [0, 0.05) is 6.04 Å². The summed E-state index contributed by atoms with van der Waals surface area (Å²) in [4.78, 5) is 23.7. The maximum atomic E-state index is 12.3. The van der Waals surface area contributed by atoms with Crippen LogP contribution in [0, 0.1) is 0 Å². The molecular weight excluding hydrogens is 308 g/mol. The molecule has 0 unspecified atom stereocenters. The van der Waals surface area contributed by atoms with Gasteiger partial charge in [0.15, 0.2) is 0 Å². The average Bonchev–Trinajstić information content (AvgIpc) is 2.48. The van der Waals surface area contributed by atoms with E-state index in [1.807, 2.05) is 13.8 Å². The molecule has 1 aromatic carbocycles. The van der Waals surface area contributed by atoms with E-state index >= 15 is 0 Å². The molecule has 0 aliphatic carbocycles. The number of halogens is 2. The van der Waals surface area contributed by atoms with Gasteiger partial charge in [-0.1, -0.05) is 19.1 Å². The lowest BCUT2D eigenvalue weighted by atomic mass is 10.2. The van der Waals surface area contributed by atoms with Crippen molar-refractivity contribution in [2.45, 2.75) is 45.9 Å². The second-order valence-corrected chi connectivity index (χ2v) is 5.01. The van der Waals surface area contributed by atoms with Crippen molar-refractivity contribution in [3.8, 4) is 5.75 Å². The molecule has 0 aliphatic heterocycles. The minimum Gasteiger partial charge on any atom is -0.433 e. The number of amides is 3. The zero-order chi connectivity index (χ0) is 17.4. The van der Waals surface area contributed by atoms with Gasteiger partial charge in [-0.05, 0) is 32.4 Å². The molecule has 3 N–H and O–H groups in total. The summed E-state index contributed by atoms with van der Waals surface area (Å²) < 4.78 is 28.9. The second-order valence-electron chi connectivity index (χ2n) is 5.01. The van der Waals surface area contributed by atoms with E-state index in [1.165, 1.54) is 25.1 Å². The number of urea groups is 1. The third-order valence-corrected chi connectivity index (χ3v) is 3.09. The van der Waals surface area contributed by atoms with Crippen LogP contribution in [-0.4, -0.2) is 30.6 Å². The topological polar surface area (TPSA) is 79.5 Å². The molecular formula is C15H21F2N3O3. The number of carbonyl (C=O) groups excluding carboxylic acids is 2. The molecule has 8 heteroatoms. The molecule has 0 bridgehead atoms. The van der Waals surface area contributed by atoms with Crippen molar-refractivity contribution >= 4 is 17.6 Å². The Morgan fingerprint density at radius 2 is 1.83 bits per heavy atom. The first-order valence-corrected chi connectivity index (χ1v) is 7.25. The monoisotopic (exact) mass is 329 g/mol. The Labute approximate surface area is 133 Å². The normalized spacial score (nSPS) is 13.1. The Balaban J connectivity index is 2.61. The number of carbonyl (C=O) groups is 2. The third-order valence-electron chi connectivity index (χ3n) is 3.09. The van der Waals surface area contributed by atoms with Crippen LogP contribution in [0.4, 0.5) is 19.3 Å². The smallest absolute Gasteiger partial charge is 0.387 e. The second kappa shape index (κ2) is 8.92. The summed E-state index contributed by atoms with van der Waals surface area (Å²) >= 11 is 0. The number of anilines is 1. The van der Waals surface area contributed by atoms with Crippen LogP contribution in [-0.2, 0) is 4.79 Å². The van der Waals surface area contributed by atoms with Crippen molar-refractivity contribution < 1.29 is 23.1 Å². The lowest BCUT2D eigenvalue weighted by molar-refractivity contribution is -0.123. The van der Waals surface area contributed by atoms with Gasteiger partial charge in [0.1, 0.15) is 11.8 Å². The molecule has 2 atom stereocenters. The van der Waals surface area contributed by atoms with Gasteiger partial charge in [-0.2, -0.15) is 8.78 Å². The highest BCUT2D eigenvalue weighted by Gasteiger charge is 2.18. The maximum Gasteiger partial charge on any atom is 0.387 e. The molecule has 6 nitrogen and oxygen atoms in total. The number of hydrogen-bond acceptors (Lipinski definition) is 3. The largest absolute Gasteiger partial charge is 0.433 e. The molecule has 3 amide bonds. The fourth-order valence-electron chi connectivity index (χ4n) is 1.66. The molecule has 1 rings (SSSR count). The van der Waals surface area contributed by atoms with Gasteiger partial charge >= 0.3 is 12.6 Å². The summed E-state index contributed by atoms with van der Waals surface area (Å²) in [6.07, 6.45) is 0.767. The summed E-state index contributed by atoms with van der Waals surface area (Å²) in [6, 6.07) is 4.32. The van der Waals surface area contributed by atoms with Gasteiger partial charge < -0.3 is 20.7 Å². The lowest BCUT2D eigenvalue weighted by Crippen LogP contribution is -2.48. The lowest BCUT2D eigenvalue weighted by Gasteiger charge is -2.18. The van der Waals surface area contributed by atoms with Gasteiger partial charge in [0.2, 0.25) is 5.91 Å². The summed E-state index contributed by atoms with van der Waals surface area (Å²) in [5, 5.41) is 7.54. The number of rotatable bonds is 7. The average molecular weight is 329 g/mol. The Morgan fingerprint density at radius 1 is 1.17 bits per heavy atom. The first-order chi connectivity index (χ1) is 10.8. The quantitative estimate of drug-likeness (QED) is 0.719. The SMILES string of the molecule is CC[C@@H](C)NC(=O)[C@H](C)NC(=O)Nc1ccccc1OC(F)F. The van der Waals surface area contributed by atoms with Crippen molar-refractivity contribution in [1.82, 2.24) is 10.6 Å². The molecule has 0 aliphatic rings. The highest BCUT2D eigenvalue weighted by Crippen LogP contribution is 2.25. The van der Waals surface area contributed by atoms with E-state index in [0.717, 1.165) is 6.42 Å². The number of para-hydroxylation sites is 2. The fourth-order valence-corrected chi connectivity index (χ4v) is 1.66. The van der Waals surface area contributed by atoms with Crippen LogP contribution >= 0.6 is 0 Å². The van der Waals surface area contributed by atoms with Crippen LogP contribution in [0.15, 0.2) is 24.3 Å². The van der Waals surface area contributed by atoms with Gasteiger partial charge in [0.05, 0.1) is 5.69 Å². The summed E-state index contributed by atoms with van der Waals surface area (Å²) in [7, 11) is 0. The molecule has 0 saturated heterocycles. The number of ether oxygens (including phenoxy) is 1. The van der Waals surface area contributed by atoms with Crippen molar-refractivity contribution in [1.29, 1.82) is 0 Å². The number of hydrogen-bond donors (Lipinski definition) is 3. The Kier molecular flexibility index (Phi) is 7.24. The van der Waals surface area contributed by atoms with Crippen LogP contribution in [0.1, 0.15) is 27.2 Å². The van der Waals surface area contributed by atoms with Gasteiger partial charge in [0.25, 0.3) is 0 Å². The highest BCUT2D eigenvalue weighted by atomic mass is 19.3. The first kappa shape index (κ1) is 18.7. The van der Waals surface area contributed by atoms with E-state index < -0.39 is 18.7 Å². The standard InChI is InChI=1S/C15H21F2N3O3/c1-4-9(2)18-13(21)10(3)19-15(22)20-11-7-5-6-8-12(11)23-14(16)17/h5-10,14H,4H2,1-3H3,(H,18,21)(H2,19,20,22)/t9-,10+/m1/s1. The van der Waals surface area contributed by atoms with Crippen LogP contribution in [0.3, 0.4) is 0 Å². The van der Waals surface area contributed by atoms with Crippen LogP contribution in [0.2, 0.25) is 0 Å². The van der Waals surface area contributed by atoms with Gasteiger partial charge in [-0.15, -0.1) is 0 Å². The molecule has 1 aromatic rings. The van der Waals surface area contributed by atoms with Crippen molar-refractivity contribution in [2.24, 2.45) is 0 Å². The summed E-state index contributed by atoms with van der Waals surface area (Å²) in [5.41, 5.74) is 0.0832. The van der Waals surface area contributed by atoms with E-state index in [1.54, 1.807) is 6.07 Å². The Morgan fingerprint density at radius 3 is 2.43 bits per heavy atom. The molecule has 0 radical (unpaired) electrons. The fraction of sp³-hybridized carbons (Fsp3) is 0.467. The van der Waals surface area contributed by atoms with Gasteiger partial charge in [-0.25, -0.2) is 4.79 Å². The molecule has 23 heavy (non-hydrogen) atoms. The van der Waals surface area contributed by atoms with Gasteiger partial charge in [-0.3, -0.25) is 4.79 Å². The molecule has 0 fully saturated rings. The predicted molar refractivity (Wildman–Crippen MR) is 82.6 cm³/mol. The first-order valence-electron chi connectivity index (χ1n) is 7.25. The maximum absolute atomic E-state index is 12.3. The van der Waals surface area contributed by atoms with Crippen molar-refractivity contribution in [2.75, 3.05) is 5.32 Å². The van der Waals surface area contributed by atoms with Crippen molar-refractivity contribution in [3.05, 3.63) is 24.3 Å². The summed E-state index contributed by atoms with van der Waals surface area (Å²) in [5.74, 6) is -0.485. The Bertz CT molecular complexity index is 540. The van der Waals surface area contributed by atoms with Crippen molar-refractivity contribution in [3.63, 3.8) is 0 Å². The summed E-state index contributed by atoms with van der Waals surface area (Å²) in [6.45, 7) is 2.30. The number of benzene rings is 1. The zero-order valence-electron chi connectivity index (χ0n) is 13.2. The van der Waals surface area contributed by atoms with Crippen LogP contribution < -0.4 is 20.7 Å². The predicted octanol–water partition coefficient (Wildman–Crippen LogP) is 2.71. The molecule has 128 valence electrons. The third kappa shape index (κ3) is 6.50. The molecule has 0 heterocycles. The molecule has 0 saturated carbocycles. The van der Waals surface area contributed by atoms with E-state index in [2.05, 4.69) is 20.7 Å². The zero-order valence-corrected chi connectivity index (χ0v) is 13.2. The molecule has 0 aromatic heterocycles. The molecule has 0 spiro atoms. The van der Waals surface area contributed by atoms with E-state index in [-0.39, 0.29) is 23.4 Å². The van der Waals surface area contributed by atoms with E-state index in [4.69, 9.17) is 0 Å². The minimum atomic E-state index is -3.00. The highest BCUT2D eigenvalue weighted by molar-refractivity contribution is 5.94. The van der Waals surface area contributed by atoms with Crippen LogP contribution in [0.25, 0.3) is 0 Å². The Hall–Kier alpha value is -2.38.